The number of aliphatic hydroxyl groups excluding tert-OH is 1. The van der Waals surface area contributed by atoms with Crippen molar-refractivity contribution in [2.75, 3.05) is 20.3 Å². The monoisotopic (exact) mass is 539 g/mol. The number of rotatable bonds is 10. The van der Waals surface area contributed by atoms with Crippen LogP contribution in [0.25, 0.3) is 0 Å². The normalized spacial score (nSPS) is 19.1. The van der Waals surface area contributed by atoms with Gasteiger partial charge in [0.2, 0.25) is 11.4 Å². The second kappa shape index (κ2) is 10.9. The average Bonchev–Trinajstić information content (AvgIpc) is 3.27. The van der Waals surface area contributed by atoms with E-state index in [1.807, 2.05) is 30.3 Å². The summed E-state index contributed by atoms with van der Waals surface area (Å²) < 4.78 is 18.1. The molecule has 0 fully saturated rings. The zero-order chi connectivity index (χ0) is 24.8. The van der Waals surface area contributed by atoms with E-state index >= 15 is 0 Å². The molecular formula is C27H26BrNO6. The number of halogens is 1. The highest BCUT2D eigenvalue weighted by Gasteiger charge is 2.54. The van der Waals surface area contributed by atoms with Gasteiger partial charge in [-0.05, 0) is 53.6 Å². The first kappa shape index (κ1) is 24.8. The molecule has 1 aliphatic rings. The van der Waals surface area contributed by atoms with Crippen LogP contribution in [0, 0.1) is 0 Å². The summed E-state index contributed by atoms with van der Waals surface area (Å²) in [5.41, 5.74) is 0.509. The summed E-state index contributed by atoms with van der Waals surface area (Å²) in [5.74, 6) is 0.404. The van der Waals surface area contributed by atoms with E-state index in [0.717, 1.165) is 10.0 Å². The van der Waals surface area contributed by atoms with Crippen molar-refractivity contribution in [3.8, 4) is 11.5 Å². The quantitative estimate of drug-likeness (QED) is 0.359. The lowest BCUT2D eigenvalue weighted by molar-refractivity contribution is -0.146. The number of ether oxygens (including phenoxy) is 3. The third kappa shape index (κ3) is 5.33. The van der Waals surface area contributed by atoms with Crippen molar-refractivity contribution in [1.29, 1.82) is 0 Å². The highest BCUT2D eigenvalue weighted by molar-refractivity contribution is 9.10. The van der Waals surface area contributed by atoms with Crippen molar-refractivity contribution in [2.45, 2.75) is 24.5 Å². The van der Waals surface area contributed by atoms with E-state index in [1.165, 1.54) is 0 Å². The number of hydrogen-bond acceptors (Lipinski definition) is 6. The number of aliphatic imine (C=N–C) groups is 1. The number of benzene rings is 3. The van der Waals surface area contributed by atoms with Crippen LogP contribution in [0.3, 0.4) is 0 Å². The van der Waals surface area contributed by atoms with Gasteiger partial charge in [0.15, 0.2) is 6.10 Å². The van der Waals surface area contributed by atoms with E-state index in [9.17, 15) is 9.90 Å². The highest BCUT2D eigenvalue weighted by atomic mass is 79.9. The van der Waals surface area contributed by atoms with Crippen LogP contribution < -0.4 is 9.47 Å². The summed E-state index contributed by atoms with van der Waals surface area (Å²) >= 11 is 3.54. The number of carboxylic acid groups (broad SMARTS) is 1. The van der Waals surface area contributed by atoms with Crippen molar-refractivity contribution in [2.24, 2.45) is 4.99 Å². The third-order valence-corrected chi connectivity index (χ3v) is 6.60. The van der Waals surface area contributed by atoms with Gasteiger partial charge in [-0.3, -0.25) is 0 Å². The van der Waals surface area contributed by atoms with Crippen LogP contribution in [0.1, 0.15) is 29.2 Å². The summed E-state index contributed by atoms with van der Waals surface area (Å²) in [5, 5.41) is 19.5. The molecule has 182 valence electrons. The SMILES string of the molecule is COc1cccc([C@H]2OC(c3ccc(OCCCO)cc3)=N[C@@]2(Cc2ccccc2Br)C(=O)O)c1. The van der Waals surface area contributed by atoms with Crippen LogP contribution in [0.2, 0.25) is 0 Å². The van der Waals surface area contributed by atoms with Crippen LogP contribution in [0.4, 0.5) is 0 Å². The Hall–Kier alpha value is -3.36. The molecule has 2 N–H and O–H groups in total. The lowest BCUT2D eigenvalue weighted by Crippen LogP contribution is -2.43. The van der Waals surface area contributed by atoms with Gasteiger partial charge in [-0.1, -0.05) is 46.3 Å². The average molecular weight is 540 g/mol. The Morgan fingerprint density at radius 2 is 1.86 bits per heavy atom. The smallest absolute Gasteiger partial charge is 0.336 e. The van der Waals surface area contributed by atoms with E-state index in [0.29, 0.717) is 35.7 Å². The Morgan fingerprint density at radius 1 is 1.09 bits per heavy atom. The Morgan fingerprint density at radius 3 is 2.54 bits per heavy atom. The van der Waals surface area contributed by atoms with E-state index < -0.39 is 17.6 Å². The number of carbonyl (C=O) groups is 1. The lowest BCUT2D eigenvalue weighted by atomic mass is 9.83. The number of hydrogen-bond donors (Lipinski definition) is 2. The lowest BCUT2D eigenvalue weighted by Gasteiger charge is -2.28. The molecule has 35 heavy (non-hydrogen) atoms. The fourth-order valence-electron chi connectivity index (χ4n) is 4.00. The molecule has 0 spiro atoms. The molecule has 0 saturated heterocycles. The first-order valence-electron chi connectivity index (χ1n) is 11.2. The highest BCUT2D eigenvalue weighted by Crippen LogP contribution is 2.44. The molecule has 0 saturated carbocycles. The molecular weight excluding hydrogens is 514 g/mol. The van der Waals surface area contributed by atoms with Gasteiger partial charge < -0.3 is 24.4 Å². The van der Waals surface area contributed by atoms with Crippen molar-refractivity contribution in [1.82, 2.24) is 0 Å². The minimum Gasteiger partial charge on any atom is -0.497 e. The molecule has 2 atom stereocenters. The molecule has 0 aliphatic carbocycles. The van der Waals surface area contributed by atoms with Gasteiger partial charge in [0.05, 0.1) is 13.7 Å². The number of aliphatic hydroxyl groups is 1. The topological polar surface area (TPSA) is 97.6 Å². The fraction of sp³-hybridized carbons (Fsp3) is 0.259. The maximum absolute atomic E-state index is 12.9. The fourth-order valence-corrected chi connectivity index (χ4v) is 4.43. The van der Waals surface area contributed by atoms with Gasteiger partial charge in [0, 0.05) is 29.5 Å². The van der Waals surface area contributed by atoms with Gasteiger partial charge in [-0.25, -0.2) is 9.79 Å². The number of aliphatic carboxylic acids is 1. The molecule has 3 aromatic rings. The number of nitrogens with zero attached hydrogens (tertiary/aromatic N) is 1. The first-order valence-corrected chi connectivity index (χ1v) is 12.0. The minimum absolute atomic E-state index is 0.0587. The van der Waals surface area contributed by atoms with Gasteiger partial charge in [-0.15, -0.1) is 0 Å². The summed E-state index contributed by atoms with van der Waals surface area (Å²) in [7, 11) is 1.56. The Kier molecular flexibility index (Phi) is 7.73. The van der Waals surface area contributed by atoms with E-state index in [-0.39, 0.29) is 18.9 Å². The van der Waals surface area contributed by atoms with Crippen LogP contribution in [-0.2, 0) is 16.0 Å². The van der Waals surface area contributed by atoms with Crippen molar-refractivity contribution in [3.63, 3.8) is 0 Å². The summed E-state index contributed by atoms with van der Waals surface area (Å²) in [4.78, 5) is 17.6. The van der Waals surface area contributed by atoms with Crippen molar-refractivity contribution < 1.29 is 29.2 Å². The molecule has 0 radical (unpaired) electrons. The van der Waals surface area contributed by atoms with Crippen LogP contribution in [0.5, 0.6) is 11.5 Å². The van der Waals surface area contributed by atoms with Gasteiger partial charge in [-0.2, -0.15) is 0 Å². The number of carboxylic acids is 1. The predicted octanol–water partition coefficient (Wildman–Crippen LogP) is 4.80. The maximum atomic E-state index is 12.9. The molecule has 7 nitrogen and oxygen atoms in total. The first-order chi connectivity index (χ1) is 17.0. The molecule has 8 heteroatoms. The van der Waals surface area contributed by atoms with E-state index in [1.54, 1.807) is 49.6 Å². The second-order valence-corrected chi connectivity index (χ2v) is 8.99. The van der Waals surface area contributed by atoms with Gasteiger partial charge in [0.25, 0.3) is 0 Å². The zero-order valence-corrected chi connectivity index (χ0v) is 20.8. The summed E-state index contributed by atoms with van der Waals surface area (Å²) in [6.45, 7) is 0.461. The molecule has 0 aromatic heterocycles. The molecule has 0 bridgehead atoms. The molecule has 4 rings (SSSR count). The van der Waals surface area contributed by atoms with E-state index in [2.05, 4.69) is 15.9 Å². The molecule has 0 unspecified atom stereocenters. The van der Waals surface area contributed by atoms with Crippen LogP contribution in [0.15, 0.2) is 82.3 Å². The standard InChI is InChI=1S/C27H26BrNO6/c1-33-22-8-4-7-19(16-22)24-27(26(31)32,17-20-6-2-3-9-23(20)28)29-25(35-24)18-10-12-21(13-11-18)34-15-5-14-30/h2-4,6-13,16,24,30H,5,14-15,17H2,1H3,(H,31,32)/t24-,27-/m1/s1. The zero-order valence-electron chi connectivity index (χ0n) is 19.2. The van der Waals surface area contributed by atoms with Crippen LogP contribution in [-0.4, -0.2) is 47.9 Å². The van der Waals surface area contributed by atoms with Crippen LogP contribution >= 0.6 is 15.9 Å². The third-order valence-electron chi connectivity index (χ3n) is 5.82. The van der Waals surface area contributed by atoms with Gasteiger partial charge >= 0.3 is 5.97 Å². The molecule has 3 aromatic carbocycles. The Balaban J connectivity index is 1.75. The molecule has 0 amide bonds. The predicted molar refractivity (Wildman–Crippen MR) is 135 cm³/mol. The summed E-state index contributed by atoms with van der Waals surface area (Å²) in [6.07, 6.45) is -0.217. The van der Waals surface area contributed by atoms with Gasteiger partial charge in [0.1, 0.15) is 11.5 Å². The Labute approximate surface area is 212 Å². The van der Waals surface area contributed by atoms with E-state index in [4.69, 9.17) is 24.3 Å². The largest absolute Gasteiger partial charge is 0.497 e. The maximum Gasteiger partial charge on any atom is 0.336 e. The summed E-state index contributed by atoms with van der Waals surface area (Å²) in [6, 6.07) is 21.8. The van der Waals surface area contributed by atoms with Crippen molar-refractivity contribution >= 4 is 27.8 Å². The minimum atomic E-state index is -1.60. The molecule has 1 aliphatic heterocycles. The number of methoxy groups -OCH3 is 1. The Bertz CT molecular complexity index is 1210. The molecule has 1 heterocycles. The second-order valence-electron chi connectivity index (χ2n) is 8.14. The van der Waals surface area contributed by atoms with Crippen molar-refractivity contribution in [3.05, 3.63) is 94.0 Å².